The number of benzene rings is 1. The topological polar surface area (TPSA) is 50.7 Å². The van der Waals surface area contributed by atoms with E-state index in [1.54, 1.807) is 12.1 Å². The zero-order valence-corrected chi connectivity index (χ0v) is 10.3. The first kappa shape index (κ1) is 12.4. The number of ether oxygens (including phenoxy) is 2. The summed E-state index contributed by atoms with van der Waals surface area (Å²) in [5, 5.41) is 12.5. The lowest BCUT2D eigenvalue weighted by atomic mass is 10.2. The van der Waals surface area contributed by atoms with Gasteiger partial charge in [-0.25, -0.2) is 0 Å². The lowest BCUT2D eigenvalue weighted by Gasteiger charge is -2.35. The van der Waals surface area contributed by atoms with E-state index in [-0.39, 0.29) is 6.04 Å². The summed E-state index contributed by atoms with van der Waals surface area (Å²) in [6, 6.07) is 7.40. The molecule has 0 spiro atoms. The molecule has 4 nitrogen and oxygen atoms in total. The molecule has 1 saturated heterocycles. The molecule has 1 aliphatic heterocycles. The Morgan fingerprint density at radius 2 is 1.82 bits per heavy atom. The molecule has 0 atom stereocenters. The molecule has 4 heteroatoms. The second-order valence-electron chi connectivity index (χ2n) is 4.77. The fourth-order valence-electron chi connectivity index (χ4n) is 1.69. The van der Waals surface area contributed by atoms with Gasteiger partial charge < -0.3 is 19.9 Å². The van der Waals surface area contributed by atoms with Crippen molar-refractivity contribution < 1.29 is 14.6 Å². The van der Waals surface area contributed by atoms with Crippen LogP contribution in [0.5, 0.6) is 5.75 Å². The molecule has 17 heavy (non-hydrogen) atoms. The molecular formula is C13H19NO3. The van der Waals surface area contributed by atoms with Crippen LogP contribution in [0.2, 0.25) is 0 Å². The van der Waals surface area contributed by atoms with E-state index in [0.29, 0.717) is 19.0 Å². The van der Waals surface area contributed by atoms with Gasteiger partial charge in [0.15, 0.2) is 5.79 Å². The van der Waals surface area contributed by atoms with Gasteiger partial charge in [0.2, 0.25) is 0 Å². The minimum absolute atomic E-state index is 0.219. The summed E-state index contributed by atoms with van der Waals surface area (Å²) in [6.07, 6.45) is 0. The van der Waals surface area contributed by atoms with Crippen molar-refractivity contribution in [3.8, 4) is 5.75 Å². The Morgan fingerprint density at radius 1 is 1.24 bits per heavy atom. The first-order chi connectivity index (χ1) is 8.05. The molecule has 0 aromatic heterocycles. The van der Waals surface area contributed by atoms with Crippen molar-refractivity contribution in [1.82, 2.24) is 5.32 Å². The van der Waals surface area contributed by atoms with Gasteiger partial charge in [-0.1, -0.05) is 12.1 Å². The Labute approximate surface area is 102 Å². The van der Waals surface area contributed by atoms with Crippen LogP contribution < -0.4 is 5.32 Å². The Kier molecular flexibility index (Phi) is 3.66. The second kappa shape index (κ2) is 5.04. The number of nitrogens with one attached hydrogen (secondary N) is 1. The molecule has 0 amide bonds. The van der Waals surface area contributed by atoms with Gasteiger partial charge in [-0.05, 0) is 31.5 Å². The number of hydrogen-bond donors (Lipinski definition) is 2. The van der Waals surface area contributed by atoms with Gasteiger partial charge in [-0.3, -0.25) is 0 Å². The maximum atomic E-state index is 9.17. The van der Waals surface area contributed by atoms with Gasteiger partial charge in [0.05, 0.1) is 19.3 Å². The molecular weight excluding hydrogens is 218 g/mol. The second-order valence-corrected chi connectivity index (χ2v) is 4.77. The van der Waals surface area contributed by atoms with Gasteiger partial charge in [0.1, 0.15) is 5.75 Å². The molecule has 94 valence electrons. The molecule has 2 rings (SSSR count). The monoisotopic (exact) mass is 237 g/mol. The minimum atomic E-state index is -0.462. The minimum Gasteiger partial charge on any atom is -0.508 e. The van der Waals surface area contributed by atoms with Crippen molar-refractivity contribution in [2.45, 2.75) is 32.2 Å². The Balaban J connectivity index is 1.78. The number of aromatic hydroxyl groups is 1. The third kappa shape index (κ3) is 3.70. The van der Waals surface area contributed by atoms with Crippen LogP contribution in [0.4, 0.5) is 0 Å². The van der Waals surface area contributed by atoms with Crippen LogP contribution in [0, 0.1) is 0 Å². The standard InChI is InChI=1S/C13H19NO3/c1-13(2)16-8-11(9-17-13)14-7-10-3-5-12(15)6-4-10/h3-6,11,14-15H,7-9H2,1-2H3. The van der Waals surface area contributed by atoms with Gasteiger partial charge in [-0.15, -0.1) is 0 Å². The van der Waals surface area contributed by atoms with Crippen molar-refractivity contribution in [2.24, 2.45) is 0 Å². The smallest absolute Gasteiger partial charge is 0.162 e. The van der Waals surface area contributed by atoms with E-state index < -0.39 is 5.79 Å². The van der Waals surface area contributed by atoms with Crippen molar-refractivity contribution in [2.75, 3.05) is 13.2 Å². The third-order valence-corrected chi connectivity index (χ3v) is 2.80. The summed E-state index contributed by atoms with van der Waals surface area (Å²) in [7, 11) is 0. The number of hydrogen-bond acceptors (Lipinski definition) is 4. The normalized spacial score (nSPS) is 20.4. The van der Waals surface area contributed by atoms with E-state index in [2.05, 4.69) is 5.32 Å². The highest BCUT2D eigenvalue weighted by atomic mass is 16.7. The highest BCUT2D eigenvalue weighted by Crippen LogP contribution is 2.17. The molecule has 1 aromatic rings. The summed E-state index contributed by atoms with van der Waals surface area (Å²) in [4.78, 5) is 0. The van der Waals surface area contributed by atoms with Gasteiger partial charge in [-0.2, -0.15) is 0 Å². The summed E-state index contributed by atoms with van der Waals surface area (Å²) in [5.74, 6) is -0.170. The average molecular weight is 237 g/mol. The highest BCUT2D eigenvalue weighted by molar-refractivity contribution is 5.25. The van der Waals surface area contributed by atoms with Crippen LogP contribution in [0.1, 0.15) is 19.4 Å². The molecule has 0 radical (unpaired) electrons. The Bertz CT molecular complexity index is 351. The van der Waals surface area contributed by atoms with Crippen LogP contribution >= 0.6 is 0 Å². The summed E-state index contributed by atoms with van der Waals surface area (Å²) in [6.45, 7) is 5.90. The van der Waals surface area contributed by atoms with Gasteiger partial charge in [0, 0.05) is 6.54 Å². The number of phenols is 1. The lowest BCUT2D eigenvalue weighted by molar-refractivity contribution is -0.253. The Hall–Kier alpha value is -1.10. The molecule has 1 aliphatic rings. The van der Waals surface area contributed by atoms with E-state index in [4.69, 9.17) is 9.47 Å². The predicted molar refractivity (Wildman–Crippen MR) is 64.7 cm³/mol. The van der Waals surface area contributed by atoms with Crippen LogP contribution in [-0.4, -0.2) is 30.1 Å². The first-order valence-electron chi connectivity index (χ1n) is 5.84. The molecule has 1 fully saturated rings. The lowest BCUT2D eigenvalue weighted by Crippen LogP contribution is -2.48. The van der Waals surface area contributed by atoms with E-state index in [1.807, 2.05) is 26.0 Å². The third-order valence-electron chi connectivity index (χ3n) is 2.80. The molecule has 1 heterocycles. The SMILES string of the molecule is CC1(C)OCC(NCc2ccc(O)cc2)CO1. The first-order valence-corrected chi connectivity index (χ1v) is 5.84. The largest absolute Gasteiger partial charge is 0.508 e. The zero-order valence-electron chi connectivity index (χ0n) is 10.3. The highest BCUT2D eigenvalue weighted by Gasteiger charge is 2.27. The fraction of sp³-hybridized carbons (Fsp3) is 0.538. The fourth-order valence-corrected chi connectivity index (χ4v) is 1.69. The molecule has 0 aliphatic carbocycles. The summed E-state index contributed by atoms with van der Waals surface area (Å²) in [5.41, 5.74) is 1.13. The quantitative estimate of drug-likeness (QED) is 0.839. The van der Waals surface area contributed by atoms with Crippen molar-refractivity contribution in [1.29, 1.82) is 0 Å². The van der Waals surface area contributed by atoms with Crippen LogP contribution in [-0.2, 0) is 16.0 Å². The predicted octanol–water partition coefficient (Wildman–Crippen LogP) is 1.63. The van der Waals surface area contributed by atoms with Crippen molar-refractivity contribution in [3.05, 3.63) is 29.8 Å². The van der Waals surface area contributed by atoms with E-state index >= 15 is 0 Å². The van der Waals surface area contributed by atoms with Crippen molar-refractivity contribution in [3.63, 3.8) is 0 Å². The summed E-state index contributed by atoms with van der Waals surface area (Å²) >= 11 is 0. The molecule has 2 N–H and O–H groups in total. The molecule has 0 unspecified atom stereocenters. The Morgan fingerprint density at radius 3 is 2.41 bits per heavy atom. The van der Waals surface area contributed by atoms with Gasteiger partial charge in [0.25, 0.3) is 0 Å². The van der Waals surface area contributed by atoms with Gasteiger partial charge >= 0.3 is 0 Å². The molecule has 0 saturated carbocycles. The number of phenolic OH excluding ortho intramolecular Hbond substituents is 1. The van der Waals surface area contributed by atoms with Crippen molar-refractivity contribution >= 4 is 0 Å². The maximum Gasteiger partial charge on any atom is 0.162 e. The molecule has 1 aromatic carbocycles. The van der Waals surface area contributed by atoms with Crippen LogP contribution in [0.3, 0.4) is 0 Å². The van der Waals surface area contributed by atoms with E-state index in [0.717, 1.165) is 12.1 Å². The molecule has 0 bridgehead atoms. The average Bonchev–Trinajstić information content (AvgIpc) is 2.30. The zero-order chi connectivity index (χ0) is 12.3. The van der Waals surface area contributed by atoms with E-state index in [9.17, 15) is 5.11 Å². The number of rotatable bonds is 3. The van der Waals surface area contributed by atoms with E-state index in [1.165, 1.54) is 0 Å². The summed E-state index contributed by atoms with van der Waals surface area (Å²) < 4.78 is 11.1. The maximum absolute atomic E-state index is 9.17. The van der Waals surface area contributed by atoms with Crippen LogP contribution in [0.15, 0.2) is 24.3 Å². The van der Waals surface area contributed by atoms with Crippen LogP contribution in [0.25, 0.3) is 0 Å².